The summed E-state index contributed by atoms with van der Waals surface area (Å²) in [4.78, 5) is 0. The lowest BCUT2D eigenvalue weighted by Gasteiger charge is -2.10. The van der Waals surface area contributed by atoms with E-state index in [4.69, 9.17) is 9.83 Å². The highest BCUT2D eigenvalue weighted by atomic mass is 16.3. The van der Waals surface area contributed by atoms with E-state index in [0.717, 1.165) is 33.4 Å². The van der Waals surface area contributed by atoms with Crippen LogP contribution in [0.5, 0.6) is 0 Å². The Labute approximate surface area is 338 Å². The molecule has 3 N–H and O–H groups in total. The van der Waals surface area contributed by atoms with Gasteiger partial charge in [-0.05, 0) is 92.7 Å². The summed E-state index contributed by atoms with van der Waals surface area (Å²) in [6.07, 6.45) is 8.06. The zero-order valence-electron chi connectivity index (χ0n) is 32.6. The molecule has 1 aromatic heterocycles. The molecule has 10 aromatic rings. The minimum atomic E-state index is 0.553. The lowest BCUT2D eigenvalue weighted by atomic mass is 9.91. The molecule has 280 valence electrons. The summed E-state index contributed by atoms with van der Waals surface area (Å²) in [6, 6.07) is 59.5. The third kappa shape index (κ3) is 7.39. The molecule has 4 nitrogen and oxygen atoms in total. The Morgan fingerprint density at radius 3 is 2.00 bits per heavy atom. The van der Waals surface area contributed by atoms with Crippen LogP contribution in [0.1, 0.15) is 29.2 Å². The molecule has 0 saturated heterocycles. The van der Waals surface area contributed by atoms with Gasteiger partial charge in [0.05, 0.1) is 5.71 Å². The Hall–Kier alpha value is -7.56. The average Bonchev–Trinajstić information content (AvgIpc) is 3.67. The Morgan fingerprint density at radius 1 is 0.586 bits per heavy atom. The van der Waals surface area contributed by atoms with Gasteiger partial charge in [0.15, 0.2) is 0 Å². The van der Waals surface area contributed by atoms with Crippen molar-refractivity contribution in [1.29, 1.82) is 5.41 Å². The normalized spacial score (nSPS) is 11.3. The van der Waals surface area contributed by atoms with Crippen molar-refractivity contribution in [2.75, 3.05) is 0 Å². The van der Waals surface area contributed by atoms with Crippen LogP contribution in [0.15, 0.2) is 198 Å². The van der Waals surface area contributed by atoms with Crippen LogP contribution in [0.3, 0.4) is 0 Å². The lowest BCUT2D eigenvalue weighted by molar-refractivity contribution is 0.670. The van der Waals surface area contributed by atoms with Crippen molar-refractivity contribution in [2.24, 2.45) is 10.9 Å². The number of nitrogens with one attached hydrogen (secondary N) is 1. The van der Waals surface area contributed by atoms with Crippen LogP contribution in [-0.4, -0.2) is 12.4 Å². The van der Waals surface area contributed by atoms with E-state index < -0.39 is 0 Å². The predicted molar refractivity (Wildman–Crippen MR) is 249 cm³/mol. The van der Waals surface area contributed by atoms with Gasteiger partial charge in [0.2, 0.25) is 0 Å². The zero-order valence-corrected chi connectivity index (χ0v) is 32.6. The number of hydrogen-bond donors (Lipinski definition) is 2. The first-order valence-corrected chi connectivity index (χ1v) is 19.4. The fourth-order valence-electron chi connectivity index (χ4n) is 7.80. The van der Waals surface area contributed by atoms with E-state index in [-0.39, 0.29) is 0 Å². The van der Waals surface area contributed by atoms with E-state index in [0.29, 0.717) is 5.71 Å². The monoisotopic (exact) mass is 749 g/mol. The second-order valence-electron chi connectivity index (χ2n) is 14.3. The van der Waals surface area contributed by atoms with Crippen molar-refractivity contribution >= 4 is 72.8 Å². The first-order valence-electron chi connectivity index (χ1n) is 19.4. The average molecular weight is 750 g/mol. The Morgan fingerprint density at radius 2 is 1.24 bits per heavy atom. The third-order valence-electron chi connectivity index (χ3n) is 10.5. The molecule has 0 saturated carbocycles. The van der Waals surface area contributed by atoms with Crippen molar-refractivity contribution in [3.8, 4) is 22.3 Å². The maximum atomic E-state index is 8.52. The van der Waals surface area contributed by atoms with Gasteiger partial charge in [0.25, 0.3) is 0 Å². The molecule has 1 heterocycles. The van der Waals surface area contributed by atoms with Crippen molar-refractivity contribution in [1.82, 2.24) is 0 Å². The number of rotatable bonds is 6. The van der Waals surface area contributed by atoms with Crippen molar-refractivity contribution in [2.45, 2.75) is 13.8 Å². The Balaban J connectivity index is 0.000000160. The number of hydrogen-bond acceptors (Lipinski definition) is 4. The molecule has 0 aliphatic heterocycles. The summed E-state index contributed by atoms with van der Waals surface area (Å²) in [5.74, 6) is 4.36. The summed E-state index contributed by atoms with van der Waals surface area (Å²) in [5, 5.41) is 21.2. The molecule has 4 heteroatoms. The number of allylic oxidation sites excluding steroid dienone is 3. The molecule has 0 spiro atoms. The molecule has 9 aromatic carbocycles. The Bertz CT molecular complexity index is 3130. The molecule has 0 unspecified atom stereocenters. The smallest absolute Gasteiger partial charge is 0.143 e. The zero-order chi connectivity index (χ0) is 40.0. The van der Waals surface area contributed by atoms with Gasteiger partial charge in [-0.3, -0.25) is 5.41 Å². The fourth-order valence-corrected chi connectivity index (χ4v) is 7.80. The summed E-state index contributed by atoms with van der Waals surface area (Å²) < 4.78 is 6.50. The minimum absolute atomic E-state index is 0.553. The number of fused-ring (bicyclic) bond motifs is 4. The van der Waals surface area contributed by atoms with Gasteiger partial charge in [0.1, 0.15) is 11.2 Å². The van der Waals surface area contributed by atoms with Crippen molar-refractivity contribution < 1.29 is 4.42 Å². The topological polar surface area (TPSA) is 75.4 Å². The van der Waals surface area contributed by atoms with Gasteiger partial charge in [-0.1, -0.05) is 175 Å². The third-order valence-corrected chi connectivity index (χ3v) is 10.5. The van der Waals surface area contributed by atoms with Crippen LogP contribution >= 0.6 is 0 Å². The molecule has 10 rings (SSSR count). The van der Waals surface area contributed by atoms with E-state index in [1.807, 2.05) is 55.5 Å². The van der Waals surface area contributed by atoms with Gasteiger partial charge in [-0.25, -0.2) is 0 Å². The summed E-state index contributed by atoms with van der Waals surface area (Å²) >= 11 is 0. The van der Waals surface area contributed by atoms with E-state index in [1.54, 1.807) is 0 Å². The highest BCUT2D eigenvalue weighted by Crippen LogP contribution is 2.45. The van der Waals surface area contributed by atoms with Crippen LogP contribution in [0.2, 0.25) is 0 Å². The predicted octanol–water partition coefficient (Wildman–Crippen LogP) is 14.4. The van der Waals surface area contributed by atoms with Crippen LogP contribution in [0.25, 0.3) is 82.6 Å². The fraction of sp³-hybridized carbons (Fsp3) is 0.0370. The van der Waals surface area contributed by atoms with Crippen molar-refractivity contribution in [3.63, 3.8) is 0 Å². The molecule has 0 aliphatic rings. The van der Waals surface area contributed by atoms with Gasteiger partial charge >= 0.3 is 0 Å². The molecular weight excluding hydrogens is 707 g/mol. The lowest BCUT2D eigenvalue weighted by Crippen LogP contribution is -2.01. The van der Waals surface area contributed by atoms with Gasteiger partial charge in [0, 0.05) is 34.2 Å². The van der Waals surface area contributed by atoms with Gasteiger partial charge in [-0.15, -0.1) is 0 Å². The maximum absolute atomic E-state index is 8.52. The minimum Gasteiger partial charge on any atom is -0.455 e. The Kier molecular flexibility index (Phi) is 10.7. The standard InChI is InChI=1S/C31H20O.C22H19N.CH4N2/c1-19-6-4-7-22(18-19)20-12-14-21(15-13-20)23-16-17-27-25-9-3-2-8-24(25)26-10-5-11-28-29(26)30(27)31(23)32-28;1-2-3-4-8-17-9-7-12-20(15-17)22(23)21-14-13-18-10-5-6-11-19(18)16-21;1-3-2/h2-18H,1H3;2-16,23H,1H3;1-2H2/b;3-2-,8-4-,23-22?;. The van der Waals surface area contributed by atoms with Crippen molar-refractivity contribution in [3.05, 3.63) is 210 Å². The number of nitrogens with zero attached hydrogens (tertiary/aromatic N) is 1. The van der Waals surface area contributed by atoms with E-state index in [9.17, 15) is 0 Å². The molecule has 58 heavy (non-hydrogen) atoms. The number of benzene rings is 9. The number of furan rings is 1. The molecule has 0 atom stereocenters. The molecule has 0 radical (unpaired) electrons. The van der Waals surface area contributed by atoms with Crippen LogP contribution < -0.4 is 5.84 Å². The molecule has 0 fully saturated rings. The van der Waals surface area contributed by atoms with E-state index >= 15 is 0 Å². The highest BCUT2D eigenvalue weighted by Gasteiger charge is 2.19. The van der Waals surface area contributed by atoms with Crippen LogP contribution in [0, 0.1) is 12.3 Å². The summed E-state index contributed by atoms with van der Waals surface area (Å²) in [5.41, 5.74) is 11.5. The van der Waals surface area contributed by atoms with E-state index in [2.05, 4.69) is 170 Å². The van der Waals surface area contributed by atoms with Gasteiger partial charge in [-0.2, -0.15) is 5.10 Å². The first-order chi connectivity index (χ1) is 28.5. The molecule has 0 aliphatic carbocycles. The summed E-state index contributed by atoms with van der Waals surface area (Å²) in [7, 11) is 0. The number of aryl methyl sites for hydroxylation is 1. The molecule has 0 bridgehead atoms. The maximum Gasteiger partial charge on any atom is 0.143 e. The highest BCUT2D eigenvalue weighted by molar-refractivity contribution is 6.34. The molecular formula is C54H43N3O. The second-order valence-corrected chi connectivity index (χ2v) is 14.3. The number of hydrazone groups is 1. The SMILES string of the molecule is C/C=C\C=C/c1cccc(C(=N)c2ccc3ccccc3c2)c1.C=NN.Cc1cccc(-c2ccc(-c3ccc4c5ccccc5c5cccc6oc3c4c65)cc2)c1. The quantitative estimate of drug-likeness (QED) is 0.0584. The second kappa shape index (κ2) is 16.7. The van der Waals surface area contributed by atoms with E-state index in [1.165, 1.54) is 65.3 Å². The summed E-state index contributed by atoms with van der Waals surface area (Å²) in [6.45, 7) is 7.02. The van der Waals surface area contributed by atoms with Crippen LogP contribution in [0.4, 0.5) is 0 Å². The number of nitrogens with two attached hydrogens (primary N) is 1. The molecule has 0 amide bonds. The first kappa shape index (κ1) is 37.4. The largest absolute Gasteiger partial charge is 0.455 e. The van der Waals surface area contributed by atoms with Crippen LogP contribution in [-0.2, 0) is 0 Å². The van der Waals surface area contributed by atoms with Gasteiger partial charge < -0.3 is 10.3 Å².